The second kappa shape index (κ2) is 10.4. The Morgan fingerprint density at radius 1 is 1.19 bits per heavy atom. The minimum absolute atomic E-state index is 0.0438. The monoisotopic (exact) mass is 513 g/mol. The lowest BCUT2D eigenvalue weighted by molar-refractivity contribution is -0.134. The van der Waals surface area contributed by atoms with Crippen LogP contribution in [0.15, 0.2) is 29.5 Å². The number of likely N-dealkylation sites (N-methyl/N-ethyl adjacent to an activating group) is 1. The van der Waals surface area contributed by atoms with Crippen molar-refractivity contribution in [3.63, 3.8) is 0 Å². The maximum Gasteiger partial charge on any atom is 0.239 e. The number of amides is 2. The zero-order valence-corrected chi connectivity index (χ0v) is 20.6. The molecule has 2 aromatic rings. The number of aromatic nitrogens is 2. The molecule has 190 valence electrons. The molecule has 1 aromatic carbocycles. The van der Waals surface area contributed by atoms with Crippen LogP contribution in [0.2, 0.25) is 5.02 Å². The summed E-state index contributed by atoms with van der Waals surface area (Å²) in [4.78, 5) is 42.6. The van der Waals surface area contributed by atoms with Gasteiger partial charge in [-0.25, -0.2) is 9.97 Å². The van der Waals surface area contributed by atoms with E-state index >= 15 is 0 Å². The fourth-order valence-electron chi connectivity index (χ4n) is 4.78. The van der Waals surface area contributed by atoms with Gasteiger partial charge in [-0.05, 0) is 25.0 Å². The fourth-order valence-corrected chi connectivity index (χ4v) is 4.95. The van der Waals surface area contributed by atoms with Gasteiger partial charge in [0, 0.05) is 45.5 Å². The van der Waals surface area contributed by atoms with Crippen LogP contribution in [-0.2, 0) is 9.59 Å². The van der Waals surface area contributed by atoms with Crippen molar-refractivity contribution in [2.75, 3.05) is 50.5 Å². The number of hydrogen-bond acceptors (Lipinski definition) is 9. The molecule has 4 heterocycles. The highest BCUT2D eigenvalue weighted by atomic mass is 35.5. The van der Waals surface area contributed by atoms with Gasteiger partial charge >= 0.3 is 0 Å². The number of carbonyl (C=O) groups excluding carboxylic acids is 2. The topological polar surface area (TPSA) is 132 Å². The largest absolute Gasteiger partial charge is 0.492 e. The molecule has 0 radical (unpaired) electrons. The van der Waals surface area contributed by atoms with Crippen molar-refractivity contribution in [2.45, 2.75) is 30.9 Å². The number of anilines is 2. The zero-order valence-electron chi connectivity index (χ0n) is 19.9. The number of aliphatic hydroxyl groups excluding tert-OH is 1. The summed E-state index contributed by atoms with van der Waals surface area (Å²) >= 11 is 6.33. The molecule has 3 N–H and O–H groups in total. The molecule has 12 heteroatoms. The molecule has 1 unspecified atom stereocenters. The molecule has 3 aliphatic rings. The SMILES string of the molecule is CN1CCNc2ncnc3c2C(C=Nc2ccc(Cl)c(c2)OCCCN2C[C@H](O)C[C@@H]2C1=O)C(=O)N3. The quantitative estimate of drug-likeness (QED) is 0.484. The third kappa shape index (κ3) is 4.99. The van der Waals surface area contributed by atoms with Crippen LogP contribution < -0.4 is 15.4 Å². The number of carbonyl (C=O) groups is 2. The van der Waals surface area contributed by atoms with E-state index in [2.05, 4.69) is 25.6 Å². The van der Waals surface area contributed by atoms with E-state index < -0.39 is 12.0 Å². The minimum atomic E-state index is -0.682. The minimum Gasteiger partial charge on any atom is -0.492 e. The molecule has 0 saturated carbocycles. The Morgan fingerprint density at radius 3 is 2.89 bits per heavy atom. The van der Waals surface area contributed by atoms with Crippen molar-refractivity contribution in [2.24, 2.45) is 4.99 Å². The summed E-state index contributed by atoms with van der Waals surface area (Å²) in [6.45, 7) is 2.29. The first-order chi connectivity index (χ1) is 17.4. The summed E-state index contributed by atoms with van der Waals surface area (Å²) in [6, 6.07) is 4.79. The molecule has 3 aliphatic heterocycles. The van der Waals surface area contributed by atoms with Gasteiger partial charge in [-0.15, -0.1) is 0 Å². The Labute approximate surface area is 213 Å². The maximum atomic E-state index is 13.2. The number of aliphatic imine (C=N–C) groups is 1. The molecular weight excluding hydrogens is 486 g/mol. The highest BCUT2D eigenvalue weighted by Crippen LogP contribution is 2.35. The number of benzene rings is 1. The van der Waals surface area contributed by atoms with Gasteiger partial charge in [-0.2, -0.15) is 0 Å². The summed E-state index contributed by atoms with van der Waals surface area (Å²) < 4.78 is 5.91. The van der Waals surface area contributed by atoms with Gasteiger partial charge in [0.05, 0.1) is 35.0 Å². The summed E-state index contributed by atoms with van der Waals surface area (Å²) in [5.74, 6) is 0.448. The number of hydrogen-bond donors (Lipinski definition) is 3. The van der Waals surface area contributed by atoms with Crippen LogP contribution in [0, 0.1) is 0 Å². The van der Waals surface area contributed by atoms with Crippen LogP contribution in [0.1, 0.15) is 24.3 Å². The van der Waals surface area contributed by atoms with Gasteiger partial charge in [0.25, 0.3) is 0 Å². The van der Waals surface area contributed by atoms with E-state index in [0.717, 1.165) is 0 Å². The molecule has 0 aliphatic carbocycles. The maximum absolute atomic E-state index is 13.2. The summed E-state index contributed by atoms with van der Waals surface area (Å²) in [5.41, 5.74) is 1.20. The van der Waals surface area contributed by atoms with E-state index in [-0.39, 0.29) is 17.9 Å². The third-order valence-electron chi connectivity index (χ3n) is 6.64. The highest BCUT2D eigenvalue weighted by Gasteiger charge is 2.37. The summed E-state index contributed by atoms with van der Waals surface area (Å²) in [5, 5.41) is 16.7. The molecule has 11 nitrogen and oxygen atoms in total. The molecule has 3 atom stereocenters. The normalized spacial score (nSPS) is 25.1. The Balaban J connectivity index is 1.45. The molecule has 1 aromatic heterocycles. The Bertz CT molecular complexity index is 1190. The van der Waals surface area contributed by atoms with Gasteiger partial charge < -0.3 is 25.4 Å². The number of halogens is 1. The first kappa shape index (κ1) is 24.4. The van der Waals surface area contributed by atoms with Crippen LogP contribution in [-0.4, -0.2) is 94.9 Å². The van der Waals surface area contributed by atoms with Crippen molar-refractivity contribution in [1.82, 2.24) is 19.8 Å². The van der Waals surface area contributed by atoms with E-state index in [1.165, 1.54) is 6.33 Å². The average molecular weight is 514 g/mol. The van der Waals surface area contributed by atoms with Gasteiger partial charge in [0.2, 0.25) is 11.8 Å². The molecular formula is C24H28ClN7O4. The van der Waals surface area contributed by atoms with Crippen LogP contribution in [0.4, 0.5) is 17.3 Å². The lowest BCUT2D eigenvalue weighted by Crippen LogP contribution is -2.45. The van der Waals surface area contributed by atoms with Crippen LogP contribution in [0.5, 0.6) is 5.75 Å². The molecule has 2 amide bonds. The van der Waals surface area contributed by atoms with E-state index in [9.17, 15) is 14.7 Å². The molecule has 1 saturated heterocycles. The van der Waals surface area contributed by atoms with Crippen molar-refractivity contribution >= 4 is 47.0 Å². The standard InChI is InChI=1S/C24H28ClN7O4/c1-31-7-5-26-21-20-16(23(34)30-22(20)29-13-28-21)11-27-14-3-4-17(25)19(9-14)36-8-2-6-32-12-15(33)10-18(32)24(31)35/h3-4,9,11,13,15-16,18,33H,2,5-8,10,12H2,1H3,(H2,26,28,29,30,34)/t15-,16?,18-/m1/s1. The Morgan fingerprint density at radius 2 is 2.03 bits per heavy atom. The van der Waals surface area contributed by atoms with Gasteiger partial charge in [0.1, 0.15) is 29.6 Å². The number of nitrogens with one attached hydrogen (secondary N) is 2. The number of fused-ring (bicyclic) bond motifs is 3. The second-order valence-corrected chi connectivity index (χ2v) is 9.54. The van der Waals surface area contributed by atoms with Crippen molar-refractivity contribution in [3.8, 4) is 5.75 Å². The fraction of sp³-hybridized carbons (Fsp3) is 0.458. The first-order valence-corrected chi connectivity index (χ1v) is 12.3. The van der Waals surface area contributed by atoms with Crippen molar-refractivity contribution in [1.29, 1.82) is 0 Å². The van der Waals surface area contributed by atoms with E-state index in [4.69, 9.17) is 16.3 Å². The number of aliphatic hydroxyl groups is 1. The van der Waals surface area contributed by atoms with Crippen molar-refractivity contribution in [3.05, 3.63) is 35.1 Å². The molecule has 1 fully saturated rings. The zero-order chi connectivity index (χ0) is 25.2. The smallest absolute Gasteiger partial charge is 0.239 e. The predicted octanol–water partition coefficient (Wildman–Crippen LogP) is 1.66. The lowest BCUT2D eigenvalue weighted by Gasteiger charge is -2.28. The van der Waals surface area contributed by atoms with Gasteiger partial charge in [0.15, 0.2) is 0 Å². The Hall–Kier alpha value is -3.28. The summed E-state index contributed by atoms with van der Waals surface area (Å²) in [7, 11) is 1.75. The second-order valence-electron chi connectivity index (χ2n) is 9.13. The van der Waals surface area contributed by atoms with Crippen LogP contribution >= 0.6 is 11.6 Å². The van der Waals surface area contributed by atoms with Crippen molar-refractivity contribution < 1.29 is 19.4 Å². The van der Waals surface area contributed by atoms with E-state index in [0.29, 0.717) is 79.3 Å². The van der Waals surface area contributed by atoms with Crippen LogP contribution in [0.25, 0.3) is 0 Å². The molecule has 36 heavy (non-hydrogen) atoms. The number of ether oxygens (including phenoxy) is 1. The predicted molar refractivity (Wildman–Crippen MR) is 135 cm³/mol. The number of nitrogens with zero attached hydrogens (tertiary/aromatic N) is 5. The lowest BCUT2D eigenvalue weighted by atomic mass is 10.0. The summed E-state index contributed by atoms with van der Waals surface area (Å²) in [6.07, 6.45) is 3.46. The average Bonchev–Trinajstić information content (AvgIpc) is 3.39. The molecule has 0 spiro atoms. The van der Waals surface area contributed by atoms with E-state index in [1.54, 1.807) is 36.4 Å². The van der Waals surface area contributed by atoms with Gasteiger partial charge in [-0.1, -0.05) is 11.6 Å². The Kier molecular flexibility index (Phi) is 7.04. The van der Waals surface area contributed by atoms with Crippen LogP contribution in [0.3, 0.4) is 0 Å². The molecule has 5 rings (SSSR count). The highest BCUT2D eigenvalue weighted by molar-refractivity contribution is 6.32. The molecule has 2 bridgehead atoms. The first-order valence-electron chi connectivity index (χ1n) is 11.9. The number of rotatable bonds is 0. The van der Waals surface area contributed by atoms with E-state index in [1.807, 2.05) is 4.90 Å². The third-order valence-corrected chi connectivity index (χ3v) is 6.95. The van der Waals surface area contributed by atoms with Gasteiger partial charge in [-0.3, -0.25) is 19.5 Å².